The number of carbonyl (C=O) groups excluding carboxylic acids is 2. The summed E-state index contributed by atoms with van der Waals surface area (Å²) >= 11 is 0. The van der Waals surface area contributed by atoms with Crippen LogP contribution in [-0.4, -0.2) is 32.5 Å². The van der Waals surface area contributed by atoms with Gasteiger partial charge in [-0.05, 0) is 70.0 Å². The first-order valence-electron chi connectivity index (χ1n) is 11.8. The highest BCUT2D eigenvalue weighted by atomic mass is 19.1. The molecule has 0 saturated carbocycles. The predicted molar refractivity (Wildman–Crippen MR) is 135 cm³/mol. The zero-order valence-electron chi connectivity index (χ0n) is 20.8. The van der Waals surface area contributed by atoms with Crippen LogP contribution < -0.4 is 5.43 Å². The number of Topliss-reactive ketones (excluding diaryl/α,β-unsaturated/α-hetero) is 1. The van der Waals surface area contributed by atoms with Crippen LogP contribution in [0.25, 0.3) is 11.0 Å². The Kier molecular flexibility index (Phi) is 7.15. The molecule has 186 valence electrons. The van der Waals surface area contributed by atoms with Crippen LogP contribution in [0.2, 0.25) is 0 Å². The standard InChI is InChI=1S/C28H28FN3O4/c1-5-31-15-24(26(34)22-11-6-17(2)30-27(22)31)28(35)36-16-25(33)23-14-18(3)32(19(23)4)13-12-20-7-9-21(29)10-8-20/h6-11,14-15H,5,12-13,16H2,1-4H3. The van der Waals surface area contributed by atoms with E-state index >= 15 is 0 Å². The summed E-state index contributed by atoms with van der Waals surface area (Å²) in [6.45, 7) is 8.12. The number of aryl methyl sites for hydroxylation is 4. The lowest BCUT2D eigenvalue weighted by molar-refractivity contribution is 0.0472. The van der Waals surface area contributed by atoms with Crippen molar-refractivity contribution in [2.24, 2.45) is 0 Å². The minimum absolute atomic E-state index is 0.132. The highest BCUT2D eigenvalue weighted by Gasteiger charge is 2.21. The van der Waals surface area contributed by atoms with Gasteiger partial charge in [0.05, 0.1) is 5.39 Å². The summed E-state index contributed by atoms with van der Waals surface area (Å²) in [7, 11) is 0. The summed E-state index contributed by atoms with van der Waals surface area (Å²) in [5.41, 5.74) is 3.77. The second-order valence-electron chi connectivity index (χ2n) is 8.79. The second-order valence-corrected chi connectivity index (χ2v) is 8.79. The number of hydrogen-bond acceptors (Lipinski definition) is 5. The van der Waals surface area contributed by atoms with Crippen molar-refractivity contribution in [2.45, 2.75) is 47.2 Å². The normalized spacial score (nSPS) is 11.1. The number of rotatable bonds is 8. The molecule has 4 aromatic rings. The van der Waals surface area contributed by atoms with E-state index in [1.807, 2.05) is 32.3 Å². The second kappa shape index (κ2) is 10.3. The summed E-state index contributed by atoms with van der Waals surface area (Å²) in [4.78, 5) is 43.0. The number of carbonyl (C=O) groups is 2. The van der Waals surface area contributed by atoms with Crippen molar-refractivity contribution < 1.29 is 18.7 Å². The van der Waals surface area contributed by atoms with Crippen LogP contribution in [0, 0.1) is 26.6 Å². The van der Waals surface area contributed by atoms with Crippen molar-refractivity contribution in [3.63, 3.8) is 0 Å². The van der Waals surface area contributed by atoms with Gasteiger partial charge in [0.25, 0.3) is 0 Å². The van der Waals surface area contributed by atoms with Gasteiger partial charge in [0.2, 0.25) is 11.2 Å². The molecule has 7 nitrogen and oxygen atoms in total. The van der Waals surface area contributed by atoms with E-state index in [4.69, 9.17) is 4.74 Å². The molecule has 0 radical (unpaired) electrons. The van der Waals surface area contributed by atoms with E-state index in [1.54, 1.807) is 34.9 Å². The number of ether oxygens (including phenoxy) is 1. The third kappa shape index (κ3) is 4.98. The van der Waals surface area contributed by atoms with E-state index in [0.29, 0.717) is 36.1 Å². The van der Waals surface area contributed by atoms with Gasteiger partial charge in [-0.25, -0.2) is 14.2 Å². The molecule has 4 rings (SSSR count). The van der Waals surface area contributed by atoms with Crippen LogP contribution >= 0.6 is 0 Å². The van der Waals surface area contributed by atoms with Gasteiger partial charge in [-0.15, -0.1) is 0 Å². The topological polar surface area (TPSA) is 83.2 Å². The van der Waals surface area contributed by atoms with Crippen molar-refractivity contribution in [3.05, 3.63) is 98.5 Å². The maximum absolute atomic E-state index is 13.2. The van der Waals surface area contributed by atoms with Gasteiger partial charge in [-0.3, -0.25) is 9.59 Å². The fourth-order valence-corrected chi connectivity index (χ4v) is 4.35. The highest BCUT2D eigenvalue weighted by molar-refractivity contribution is 6.01. The third-order valence-electron chi connectivity index (χ3n) is 6.37. The molecule has 0 atom stereocenters. The first-order valence-corrected chi connectivity index (χ1v) is 11.8. The van der Waals surface area contributed by atoms with Crippen LogP contribution in [0.3, 0.4) is 0 Å². The van der Waals surface area contributed by atoms with Crippen LogP contribution in [0.15, 0.2) is 53.5 Å². The van der Waals surface area contributed by atoms with Gasteiger partial charge in [-0.2, -0.15) is 0 Å². The molecule has 0 aliphatic rings. The lowest BCUT2D eigenvalue weighted by Crippen LogP contribution is -2.23. The maximum atomic E-state index is 13.2. The van der Waals surface area contributed by atoms with E-state index < -0.39 is 18.0 Å². The monoisotopic (exact) mass is 489 g/mol. The van der Waals surface area contributed by atoms with Crippen molar-refractivity contribution in [1.29, 1.82) is 0 Å². The van der Waals surface area contributed by atoms with Gasteiger partial charge in [-0.1, -0.05) is 12.1 Å². The average Bonchev–Trinajstić information content (AvgIpc) is 3.15. The average molecular weight is 490 g/mol. The van der Waals surface area contributed by atoms with Crippen LogP contribution in [0.5, 0.6) is 0 Å². The van der Waals surface area contributed by atoms with Gasteiger partial charge in [0.15, 0.2) is 6.61 Å². The number of ketones is 1. The molecule has 0 amide bonds. The number of pyridine rings is 2. The number of aromatic nitrogens is 3. The molecule has 0 unspecified atom stereocenters. The van der Waals surface area contributed by atoms with Gasteiger partial charge < -0.3 is 13.9 Å². The zero-order valence-corrected chi connectivity index (χ0v) is 20.8. The lowest BCUT2D eigenvalue weighted by atomic mass is 10.1. The van der Waals surface area contributed by atoms with Crippen molar-refractivity contribution in [1.82, 2.24) is 14.1 Å². The third-order valence-corrected chi connectivity index (χ3v) is 6.37. The molecular weight excluding hydrogens is 461 g/mol. The summed E-state index contributed by atoms with van der Waals surface area (Å²) in [5, 5.41) is 0.327. The van der Waals surface area contributed by atoms with Gasteiger partial charge in [0, 0.05) is 41.9 Å². The molecule has 0 saturated heterocycles. The number of halogens is 1. The maximum Gasteiger partial charge on any atom is 0.344 e. The van der Waals surface area contributed by atoms with Crippen LogP contribution in [0.4, 0.5) is 4.39 Å². The Balaban J connectivity index is 1.48. The smallest absolute Gasteiger partial charge is 0.344 e. The fraction of sp³-hybridized carbons (Fsp3) is 0.286. The number of fused-ring (bicyclic) bond motifs is 1. The Hall–Kier alpha value is -4.07. The van der Waals surface area contributed by atoms with Crippen molar-refractivity contribution in [2.75, 3.05) is 6.61 Å². The lowest BCUT2D eigenvalue weighted by Gasteiger charge is -2.11. The molecule has 0 bridgehead atoms. The van der Waals surface area contributed by atoms with Crippen molar-refractivity contribution in [3.8, 4) is 0 Å². The molecule has 1 aromatic carbocycles. The molecular formula is C28H28FN3O4. The largest absolute Gasteiger partial charge is 0.454 e. The molecule has 0 aliphatic carbocycles. The molecule has 0 fully saturated rings. The Bertz CT molecular complexity index is 1520. The summed E-state index contributed by atoms with van der Waals surface area (Å²) in [5.74, 6) is -1.47. The van der Waals surface area contributed by atoms with Crippen molar-refractivity contribution >= 4 is 22.8 Å². The van der Waals surface area contributed by atoms with Gasteiger partial charge in [0.1, 0.15) is 17.0 Å². The molecule has 8 heteroatoms. The van der Waals surface area contributed by atoms with Crippen LogP contribution in [-0.2, 0) is 24.2 Å². The number of esters is 1. The molecule has 36 heavy (non-hydrogen) atoms. The molecule has 3 aromatic heterocycles. The number of nitrogens with zero attached hydrogens (tertiary/aromatic N) is 3. The quantitative estimate of drug-likeness (QED) is 0.268. The SMILES string of the molecule is CCn1cc(C(=O)OCC(=O)c2cc(C)n(CCc3ccc(F)cc3)c2C)c(=O)c2ccc(C)nc21. The fourth-order valence-electron chi connectivity index (χ4n) is 4.35. The molecule has 0 N–H and O–H groups in total. The number of benzene rings is 1. The Morgan fingerprint density at radius 3 is 2.44 bits per heavy atom. The predicted octanol–water partition coefficient (Wildman–Crippen LogP) is 4.56. The summed E-state index contributed by atoms with van der Waals surface area (Å²) in [6.07, 6.45) is 2.12. The zero-order chi connectivity index (χ0) is 26.0. The minimum atomic E-state index is -0.844. The number of hydrogen-bond donors (Lipinski definition) is 0. The van der Waals surface area contributed by atoms with E-state index in [-0.39, 0.29) is 17.2 Å². The summed E-state index contributed by atoms with van der Waals surface area (Å²) < 4.78 is 22.2. The molecule has 0 spiro atoms. The first-order chi connectivity index (χ1) is 17.2. The first kappa shape index (κ1) is 25.0. The van der Waals surface area contributed by atoms with E-state index in [1.165, 1.54) is 18.3 Å². The van der Waals surface area contributed by atoms with E-state index in [2.05, 4.69) is 4.98 Å². The highest BCUT2D eigenvalue weighted by Crippen LogP contribution is 2.18. The van der Waals surface area contributed by atoms with E-state index in [9.17, 15) is 18.8 Å². The Morgan fingerprint density at radius 2 is 1.75 bits per heavy atom. The minimum Gasteiger partial charge on any atom is -0.454 e. The molecule has 3 heterocycles. The van der Waals surface area contributed by atoms with E-state index in [0.717, 1.165) is 22.6 Å². The Morgan fingerprint density at radius 1 is 1.03 bits per heavy atom. The Labute approximate surface area is 208 Å². The summed E-state index contributed by atoms with van der Waals surface area (Å²) in [6, 6.07) is 11.5. The molecule has 0 aliphatic heterocycles. The van der Waals surface area contributed by atoms with Gasteiger partial charge >= 0.3 is 5.97 Å². The van der Waals surface area contributed by atoms with Crippen LogP contribution in [0.1, 0.15) is 50.3 Å².